The Morgan fingerprint density at radius 2 is 2.24 bits per heavy atom. The lowest BCUT2D eigenvalue weighted by Crippen LogP contribution is -2.37. The molecule has 0 aromatic carbocycles. The highest BCUT2D eigenvalue weighted by molar-refractivity contribution is 7.99. The number of pyridine rings is 1. The Kier molecular flexibility index (Phi) is 6.65. The number of carbonyl (C=O) groups excluding carboxylic acids is 1. The Hall–Kier alpha value is -1.07. The number of nitrogens with one attached hydrogen (secondary N) is 1. The Balaban J connectivity index is 2.34. The second-order valence-electron chi connectivity index (χ2n) is 3.45. The van der Waals surface area contributed by atoms with E-state index in [1.165, 1.54) is 12.0 Å². The van der Waals surface area contributed by atoms with E-state index in [4.69, 9.17) is 4.74 Å². The number of rotatable bonds is 7. The van der Waals surface area contributed by atoms with Gasteiger partial charge in [-0.2, -0.15) is 0 Å². The molecule has 4 nitrogen and oxygen atoms in total. The molecular weight excluding hydrogens is 236 g/mol. The maximum Gasteiger partial charge on any atom is 0.322 e. The molecule has 0 spiro atoms. The molecule has 1 aromatic heterocycles. The fraction of sp³-hybridized carbons (Fsp3) is 0.500. The van der Waals surface area contributed by atoms with Gasteiger partial charge in [0.2, 0.25) is 0 Å². The summed E-state index contributed by atoms with van der Waals surface area (Å²) in [4.78, 5) is 16.6. The molecule has 1 heterocycles. The smallest absolute Gasteiger partial charge is 0.322 e. The van der Waals surface area contributed by atoms with Crippen LogP contribution in [0.3, 0.4) is 0 Å². The van der Waals surface area contributed by atoms with Crippen LogP contribution in [0.25, 0.3) is 0 Å². The molecule has 5 heteroatoms. The SMILES string of the molecule is CCNC(CCSc1ccncc1)C(=O)OC. The molecular formula is C12H18N2O2S. The summed E-state index contributed by atoms with van der Waals surface area (Å²) in [6.45, 7) is 2.74. The number of methoxy groups -OCH3 is 1. The predicted molar refractivity (Wildman–Crippen MR) is 69.1 cm³/mol. The number of hydrogen-bond acceptors (Lipinski definition) is 5. The van der Waals surface area contributed by atoms with Crippen LogP contribution in [0, 0.1) is 0 Å². The van der Waals surface area contributed by atoms with Crippen LogP contribution in [0.2, 0.25) is 0 Å². The maximum atomic E-state index is 11.4. The third-order valence-electron chi connectivity index (χ3n) is 2.26. The van der Waals surface area contributed by atoms with Crippen molar-refractivity contribution in [3.63, 3.8) is 0 Å². The van der Waals surface area contributed by atoms with Gasteiger partial charge in [0.15, 0.2) is 0 Å². The summed E-state index contributed by atoms with van der Waals surface area (Å²) in [5.41, 5.74) is 0. The van der Waals surface area contributed by atoms with Gasteiger partial charge in [-0.3, -0.25) is 9.78 Å². The van der Waals surface area contributed by atoms with Crippen molar-refractivity contribution >= 4 is 17.7 Å². The number of esters is 1. The summed E-state index contributed by atoms with van der Waals surface area (Å²) in [6.07, 6.45) is 4.29. The van der Waals surface area contributed by atoms with Crippen LogP contribution >= 0.6 is 11.8 Å². The third kappa shape index (κ3) is 5.19. The number of likely N-dealkylation sites (N-methyl/N-ethyl adjacent to an activating group) is 1. The first kappa shape index (κ1) is 14.0. The molecule has 1 aromatic rings. The van der Waals surface area contributed by atoms with Crippen LogP contribution in [-0.2, 0) is 9.53 Å². The molecule has 0 saturated carbocycles. The van der Waals surface area contributed by atoms with Gasteiger partial charge < -0.3 is 10.1 Å². The van der Waals surface area contributed by atoms with E-state index in [1.807, 2.05) is 19.1 Å². The minimum Gasteiger partial charge on any atom is -0.468 e. The van der Waals surface area contributed by atoms with Crippen molar-refractivity contribution in [1.29, 1.82) is 0 Å². The van der Waals surface area contributed by atoms with E-state index < -0.39 is 0 Å². The minimum absolute atomic E-state index is 0.192. The summed E-state index contributed by atoms with van der Waals surface area (Å²) in [6, 6.07) is 3.72. The molecule has 94 valence electrons. The van der Waals surface area contributed by atoms with Gasteiger partial charge in [-0.15, -0.1) is 11.8 Å². The van der Waals surface area contributed by atoms with Crippen LogP contribution < -0.4 is 5.32 Å². The van der Waals surface area contributed by atoms with Crippen LogP contribution in [0.4, 0.5) is 0 Å². The molecule has 0 bridgehead atoms. The molecule has 1 atom stereocenters. The highest BCUT2D eigenvalue weighted by Gasteiger charge is 2.17. The van der Waals surface area contributed by atoms with Gasteiger partial charge in [-0.05, 0) is 25.1 Å². The van der Waals surface area contributed by atoms with E-state index in [-0.39, 0.29) is 12.0 Å². The number of nitrogens with zero attached hydrogens (tertiary/aromatic N) is 1. The van der Waals surface area contributed by atoms with Crippen molar-refractivity contribution in [2.45, 2.75) is 24.3 Å². The van der Waals surface area contributed by atoms with E-state index in [1.54, 1.807) is 24.2 Å². The van der Waals surface area contributed by atoms with Crippen LogP contribution in [0.5, 0.6) is 0 Å². The van der Waals surface area contributed by atoms with Crippen molar-refractivity contribution in [1.82, 2.24) is 10.3 Å². The number of carbonyl (C=O) groups is 1. The summed E-state index contributed by atoms with van der Waals surface area (Å²) in [5, 5.41) is 3.12. The van der Waals surface area contributed by atoms with Crippen LogP contribution in [-0.4, -0.2) is 36.4 Å². The largest absolute Gasteiger partial charge is 0.468 e. The number of hydrogen-bond donors (Lipinski definition) is 1. The Labute approximate surface area is 106 Å². The number of thioether (sulfide) groups is 1. The monoisotopic (exact) mass is 254 g/mol. The predicted octanol–water partition coefficient (Wildman–Crippen LogP) is 1.71. The molecule has 1 unspecified atom stereocenters. The minimum atomic E-state index is -0.209. The van der Waals surface area contributed by atoms with Gasteiger partial charge in [0.25, 0.3) is 0 Å². The molecule has 0 aliphatic rings. The maximum absolute atomic E-state index is 11.4. The number of aromatic nitrogens is 1. The average Bonchev–Trinajstić information content (AvgIpc) is 2.38. The van der Waals surface area contributed by atoms with Crippen molar-refractivity contribution in [3.8, 4) is 0 Å². The summed E-state index contributed by atoms with van der Waals surface area (Å²) in [5.74, 6) is 0.679. The van der Waals surface area contributed by atoms with Crippen LogP contribution in [0.1, 0.15) is 13.3 Å². The summed E-state index contributed by atoms with van der Waals surface area (Å²) < 4.78 is 4.75. The zero-order chi connectivity index (χ0) is 12.5. The lowest BCUT2D eigenvalue weighted by Gasteiger charge is -2.14. The molecule has 0 saturated heterocycles. The Bertz CT molecular complexity index is 333. The van der Waals surface area contributed by atoms with Gasteiger partial charge in [-0.1, -0.05) is 6.92 Å². The van der Waals surface area contributed by atoms with Gasteiger partial charge in [0.05, 0.1) is 7.11 Å². The van der Waals surface area contributed by atoms with E-state index in [9.17, 15) is 4.79 Å². The van der Waals surface area contributed by atoms with E-state index in [0.717, 1.165) is 18.7 Å². The van der Waals surface area contributed by atoms with Crippen molar-refractivity contribution in [2.24, 2.45) is 0 Å². The third-order valence-corrected chi connectivity index (χ3v) is 3.31. The highest BCUT2D eigenvalue weighted by Crippen LogP contribution is 2.17. The highest BCUT2D eigenvalue weighted by atomic mass is 32.2. The molecule has 1 rings (SSSR count). The van der Waals surface area contributed by atoms with Crippen molar-refractivity contribution in [3.05, 3.63) is 24.5 Å². The molecule has 0 aliphatic heterocycles. The molecule has 17 heavy (non-hydrogen) atoms. The van der Waals surface area contributed by atoms with Gasteiger partial charge in [0.1, 0.15) is 6.04 Å². The molecule has 0 aliphatic carbocycles. The zero-order valence-electron chi connectivity index (χ0n) is 10.2. The quantitative estimate of drug-likeness (QED) is 0.593. The van der Waals surface area contributed by atoms with E-state index >= 15 is 0 Å². The first-order chi connectivity index (χ1) is 8.27. The molecule has 1 N–H and O–H groups in total. The summed E-state index contributed by atoms with van der Waals surface area (Å²) >= 11 is 1.71. The second-order valence-corrected chi connectivity index (χ2v) is 4.62. The Morgan fingerprint density at radius 3 is 2.82 bits per heavy atom. The van der Waals surface area contributed by atoms with Crippen LogP contribution in [0.15, 0.2) is 29.4 Å². The lowest BCUT2D eigenvalue weighted by atomic mass is 10.2. The van der Waals surface area contributed by atoms with E-state index in [2.05, 4.69) is 10.3 Å². The van der Waals surface area contributed by atoms with E-state index in [0.29, 0.717) is 0 Å². The molecule has 0 amide bonds. The normalized spacial score (nSPS) is 12.1. The second kappa shape index (κ2) is 8.08. The molecule has 0 fully saturated rings. The topological polar surface area (TPSA) is 51.2 Å². The fourth-order valence-corrected chi connectivity index (χ4v) is 2.32. The first-order valence-corrected chi connectivity index (χ1v) is 6.60. The zero-order valence-corrected chi connectivity index (χ0v) is 11.0. The standard InChI is InChI=1S/C12H18N2O2S/c1-3-14-11(12(15)16-2)6-9-17-10-4-7-13-8-5-10/h4-5,7-8,11,14H,3,6,9H2,1-2H3. The van der Waals surface area contributed by atoms with Crippen molar-refractivity contribution in [2.75, 3.05) is 19.4 Å². The molecule has 0 radical (unpaired) electrons. The fourth-order valence-electron chi connectivity index (χ4n) is 1.42. The van der Waals surface area contributed by atoms with Gasteiger partial charge in [-0.25, -0.2) is 0 Å². The lowest BCUT2D eigenvalue weighted by molar-refractivity contribution is -0.143. The van der Waals surface area contributed by atoms with Gasteiger partial charge in [0, 0.05) is 23.0 Å². The number of ether oxygens (including phenoxy) is 1. The van der Waals surface area contributed by atoms with Crippen molar-refractivity contribution < 1.29 is 9.53 Å². The summed E-state index contributed by atoms with van der Waals surface area (Å²) in [7, 11) is 1.42. The first-order valence-electron chi connectivity index (χ1n) is 5.62. The average molecular weight is 254 g/mol. The van der Waals surface area contributed by atoms with Gasteiger partial charge >= 0.3 is 5.97 Å². The Morgan fingerprint density at radius 1 is 1.53 bits per heavy atom.